The van der Waals surface area contributed by atoms with Gasteiger partial charge in [0.25, 0.3) is 17.7 Å². The number of rotatable bonds is 12. The SMILES string of the molecule is CCCCCOC(=O)Nc1nc(=O)n([C@@H]2O[C@H](C)[C@@H](O)[C@H]2O)cc1F.CNNCc1ccc(C(=O)NC(C)C)cc1.O=C1CCC(N2C(=O)c3ccccc3C2=O)C(=O)N1. The molecule has 2 saturated heterocycles. The molecule has 2 fully saturated rings. The van der Waals surface area contributed by atoms with E-state index in [4.69, 9.17) is 9.47 Å². The van der Waals surface area contributed by atoms with Crippen LogP contribution in [-0.4, -0.2) is 104 Å². The van der Waals surface area contributed by atoms with Crippen molar-refractivity contribution in [2.24, 2.45) is 0 Å². The molecule has 7 N–H and O–H groups in total. The average molecular weight is 839 g/mol. The minimum Gasteiger partial charge on any atom is -0.449 e. The normalized spacial score (nSPS) is 20.7. The quantitative estimate of drug-likeness (QED) is 0.0782. The Morgan fingerprint density at radius 1 is 1.00 bits per heavy atom. The smallest absolute Gasteiger partial charge is 0.412 e. The van der Waals surface area contributed by atoms with Gasteiger partial charge in [-0.3, -0.25) is 54.9 Å². The van der Waals surface area contributed by atoms with Crippen molar-refractivity contribution in [1.29, 1.82) is 0 Å². The summed E-state index contributed by atoms with van der Waals surface area (Å²) in [6.07, 6.45) is -1.95. The van der Waals surface area contributed by atoms with E-state index < -0.39 is 71.7 Å². The van der Waals surface area contributed by atoms with Crippen LogP contribution in [-0.2, 0) is 25.6 Å². The summed E-state index contributed by atoms with van der Waals surface area (Å²) >= 11 is 0. The van der Waals surface area contributed by atoms with E-state index >= 15 is 0 Å². The molecule has 2 aromatic carbocycles. The molecule has 3 aliphatic heterocycles. The highest BCUT2D eigenvalue weighted by molar-refractivity contribution is 6.23. The topological polar surface area (TPSA) is 260 Å². The van der Waals surface area contributed by atoms with E-state index in [0.717, 1.165) is 40.6 Å². The summed E-state index contributed by atoms with van der Waals surface area (Å²) in [5.41, 5.74) is 7.33. The summed E-state index contributed by atoms with van der Waals surface area (Å²) in [5, 5.41) is 26.6. The summed E-state index contributed by atoms with van der Waals surface area (Å²) in [6, 6.07) is 13.3. The van der Waals surface area contributed by atoms with Crippen LogP contribution in [0.5, 0.6) is 0 Å². The highest BCUT2D eigenvalue weighted by Crippen LogP contribution is 2.29. The highest BCUT2D eigenvalue weighted by Gasteiger charge is 2.44. The molecular formula is C40H51FN8O11. The minimum atomic E-state index is -1.41. The summed E-state index contributed by atoms with van der Waals surface area (Å²) in [5.74, 6) is -3.53. The Hall–Kier alpha value is -5.93. The van der Waals surface area contributed by atoms with Crippen molar-refractivity contribution in [3.63, 3.8) is 0 Å². The number of piperidine rings is 1. The molecule has 0 bridgehead atoms. The van der Waals surface area contributed by atoms with E-state index in [1.807, 2.05) is 52.1 Å². The summed E-state index contributed by atoms with van der Waals surface area (Å²) in [4.78, 5) is 86.8. The van der Waals surface area contributed by atoms with Crippen molar-refractivity contribution >= 4 is 41.4 Å². The first-order valence-electron chi connectivity index (χ1n) is 19.4. The zero-order valence-corrected chi connectivity index (χ0v) is 33.9. The highest BCUT2D eigenvalue weighted by atomic mass is 19.1. The molecule has 1 unspecified atom stereocenters. The van der Waals surface area contributed by atoms with Crippen LogP contribution in [0.15, 0.2) is 59.5 Å². The molecule has 3 aromatic rings. The molecule has 20 heteroatoms. The van der Waals surface area contributed by atoms with Crippen LogP contribution in [0.4, 0.5) is 15.0 Å². The van der Waals surface area contributed by atoms with Crippen LogP contribution >= 0.6 is 0 Å². The Labute approximate surface area is 345 Å². The van der Waals surface area contributed by atoms with Crippen molar-refractivity contribution in [2.75, 3.05) is 19.0 Å². The Morgan fingerprint density at radius 2 is 1.65 bits per heavy atom. The van der Waals surface area contributed by atoms with Crippen molar-refractivity contribution in [3.05, 3.63) is 93.3 Å². The number of hydrogen-bond acceptors (Lipinski definition) is 14. The first-order valence-corrected chi connectivity index (χ1v) is 19.4. The molecule has 4 heterocycles. The Bertz CT molecular complexity index is 2050. The van der Waals surface area contributed by atoms with Crippen LogP contribution < -0.4 is 32.5 Å². The summed E-state index contributed by atoms with van der Waals surface area (Å²) in [7, 11) is 1.82. The number of fused-ring (bicyclic) bond motifs is 1. The van der Waals surface area contributed by atoms with Crippen LogP contribution in [0, 0.1) is 5.82 Å². The maximum atomic E-state index is 14.1. The fraction of sp³-hybridized carbons (Fsp3) is 0.450. The van der Waals surface area contributed by atoms with Crippen molar-refractivity contribution in [3.8, 4) is 0 Å². The molecule has 6 rings (SSSR count). The van der Waals surface area contributed by atoms with Gasteiger partial charge in [0.15, 0.2) is 17.9 Å². The van der Waals surface area contributed by atoms with Gasteiger partial charge < -0.3 is 25.0 Å². The number of hydrazine groups is 1. The third-order valence-corrected chi connectivity index (χ3v) is 9.31. The third kappa shape index (κ3) is 12.1. The number of aliphatic hydroxyl groups excluding tert-OH is 2. The number of hydrogen-bond donors (Lipinski definition) is 7. The molecule has 60 heavy (non-hydrogen) atoms. The zero-order valence-electron chi connectivity index (χ0n) is 33.9. The van der Waals surface area contributed by atoms with Gasteiger partial charge in [0.05, 0.1) is 30.0 Å². The lowest BCUT2D eigenvalue weighted by molar-refractivity contribution is -0.136. The number of nitrogens with zero attached hydrogens (tertiary/aromatic N) is 3. The zero-order chi connectivity index (χ0) is 44.1. The molecule has 0 radical (unpaired) electrons. The van der Waals surface area contributed by atoms with Gasteiger partial charge in [0, 0.05) is 24.6 Å². The van der Waals surface area contributed by atoms with Crippen LogP contribution in [0.3, 0.4) is 0 Å². The molecule has 5 atom stereocenters. The molecule has 0 aliphatic carbocycles. The van der Waals surface area contributed by atoms with Gasteiger partial charge in [-0.05, 0) is 70.5 Å². The Morgan fingerprint density at radius 3 is 2.20 bits per heavy atom. The standard InChI is InChI=1S/C15H22FN3O6.C13H10N2O4.C12H19N3O/c1-3-4-5-6-24-15(23)18-12-9(16)7-19(14(22)17-12)13-11(21)10(20)8(2)25-13;16-10-6-5-9(11(17)14-10)15-12(18)7-3-1-2-4-8(7)13(15)19;1-9(2)15-12(16)11-6-4-10(5-7-11)8-14-13-3/h7-8,10-11,13,20-21H,3-6H2,1-2H3,(H,17,18,22,23);1-4,9H,5-6H2,(H,14,16,17);4-7,9,13-14H,8H2,1-3H3,(H,15,16)/t8-,10-,11-,13-;;/m1../s1. The molecule has 0 saturated carbocycles. The molecule has 19 nitrogen and oxygen atoms in total. The fourth-order valence-electron chi connectivity index (χ4n) is 6.15. The maximum Gasteiger partial charge on any atom is 0.412 e. The predicted octanol–water partition coefficient (Wildman–Crippen LogP) is 1.90. The van der Waals surface area contributed by atoms with Crippen LogP contribution in [0.25, 0.3) is 0 Å². The maximum absolute atomic E-state index is 14.1. The van der Waals surface area contributed by atoms with E-state index in [2.05, 4.69) is 31.8 Å². The molecule has 1 aromatic heterocycles. The first kappa shape index (κ1) is 46.8. The number of amides is 6. The van der Waals surface area contributed by atoms with E-state index in [-0.39, 0.29) is 37.3 Å². The fourth-order valence-corrected chi connectivity index (χ4v) is 6.15. The second-order valence-electron chi connectivity index (χ2n) is 14.2. The largest absolute Gasteiger partial charge is 0.449 e. The predicted molar refractivity (Wildman–Crippen MR) is 213 cm³/mol. The van der Waals surface area contributed by atoms with Gasteiger partial charge in [-0.1, -0.05) is 44.0 Å². The molecule has 6 amide bonds. The third-order valence-electron chi connectivity index (χ3n) is 9.31. The number of aromatic nitrogens is 2. The van der Waals surface area contributed by atoms with E-state index in [0.29, 0.717) is 23.1 Å². The average Bonchev–Trinajstić information content (AvgIpc) is 3.62. The van der Waals surface area contributed by atoms with E-state index in [1.165, 1.54) is 6.92 Å². The number of halogens is 1. The van der Waals surface area contributed by atoms with Gasteiger partial charge in [-0.2, -0.15) is 4.98 Å². The van der Waals surface area contributed by atoms with Gasteiger partial charge in [-0.25, -0.2) is 14.0 Å². The Kier molecular flexibility index (Phi) is 17.1. The molecule has 324 valence electrons. The first-order chi connectivity index (χ1) is 28.6. The second kappa shape index (κ2) is 21.9. The van der Waals surface area contributed by atoms with Crippen molar-refractivity contribution < 1.29 is 52.8 Å². The lowest BCUT2D eigenvalue weighted by atomic mass is 10.0. The number of carbonyl (C=O) groups is 6. The number of unbranched alkanes of at least 4 members (excludes halogenated alkanes) is 2. The summed E-state index contributed by atoms with van der Waals surface area (Å²) < 4.78 is 24.9. The number of nitrogens with one attached hydrogen (secondary N) is 5. The van der Waals surface area contributed by atoms with Crippen molar-refractivity contribution in [2.45, 2.75) is 103 Å². The molecule has 0 spiro atoms. The number of anilines is 1. The summed E-state index contributed by atoms with van der Waals surface area (Å²) in [6.45, 7) is 8.32. The number of imide groups is 2. The lowest BCUT2D eigenvalue weighted by Gasteiger charge is -2.27. The molecule has 3 aliphatic rings. The monoisotopic (exact) mass is 838 g/mol. The minimum absolute atomic E-state index is 0.0249. The van der Waals surface area contributed by atoms with Gasteiger partial charge >= 0.3 is 11.8 Å². The lowest BCUT2D eigenvalue weighted by Crippen LogP contribution is -2.54. The number of ether oxygens (including phenoxy) is 2. The number of aliphatic hydroxyl groups is 2. The van der Waals surface area contributed by atoms with Gasteiger partial charge in [0.2, 0.25) is 11.8 Å². The second-order valence-corrected chi connectivity index (χ2v) is 14.2. The van der Waals surface area contributed by atoms with Gasteiger partial charge in [-0.15, -0.1) is 0 Å². The number of benzene rings is 2. The number of carbonyl (C=O) groups excluding carboxylic acids is 6. The van der Waals surface area contributed by atoms with Crippen LogP contribution in [0.2, 0.25) is 0 Å². The van der Waals surface area contributed by atoms with Crippen molar-refractivity contribution in [1.82, 2.24) is 35.9 Å². The molecular weight excluding hydrogens is 787 g/mol. The Balaban J connectivity index is 0.000000204. The van der Waals surface area contributed by atoms with Crippen LogP contribution in [0.1, 0.15) is 103 Å². The van der Waals surface area contributed by atoms with Gasteiger partial charge in [0.1, 0.15) is 18.2 Å². The van der Waals surface area contributed by atoms with E-state index in [9.17, 15) is 48.2 Å². The van der Waals surface area contributed by atoms with E-state index in [1.54, 1.807) is 24.3 Å².